The average Bonchev–Trinajstić information content (AvgIpc) is 2.61. The van der Waals surface area contributed by atoms with Crippen LogP contribution >= 0.6 is 11.8 Å². The lowest BCUT2D eigenvalue weighted by atomic mass is 9.99. The minimum atomic E-state index is -1.10. The number of ether oxygens (including phenoxy) is 1. The number of allylic oxidation sites excluding steroid dienone is 1. The van der Waals surface area contributed by atoms with Crippen molar-refractivity contribution in [2.45, 2.75) is 11.9 Å². The normalized spacial score (nSPS) is 21.8. The van der Waals surface area contributed by atoms with E-state index in [9.17, 15) is 0 Å². The van der Waals surface area contributed by atoms with Gasteiger partial charge in [-0.3, -0.25) is 0 Å². The van der Waals surface area contributed by atoms with E-state index in [2.05, 4.69) is 0 Å². The summed E-state index contributed by atoms with van der Waals surface area (Å²) in [6.45, 7) is 1.52. The Morgan fingerprint density at radius 1 is 1.44 bits per heavy atom. The highest BCUT2D eigenvalue weighted by molar-refractivity contribution is 8.00. The van der Waals surface area contributed by atoms with Crippen molar-refractivity contribution in [3.63, 3.8) is 0 Å². The molecule has 92 valence electrons. The van der Waals surface area contributed by atoms with Gasteiger partial charge < -0.3 is 15.6 Å². The maximum atomic E-state index is 9.02. The molecule has 1 aliphatic rings. The Balaban J connectivity index is 3.37. The molecular formula is C11H10N4O2S. The predicted octanol–water partition coefficient (Wildman–Crippen LogP) is 0.496. The molecule has 0 aromatic heterocycles. The molecule has 0 spiro atoms. The van der Waals surface area contributed by atoms with Crippen molar-refractivity contribution in [1.29, 1.82) is 15.8 Å². The van der Waals surface area contributed by atoms with E-state index in [0.29, 0.717) is 5.75 Å². The number of hydrogen-bond acceptors (Lipinski definition) is 7. The monoisotopic (exact) mass is 262 g/mol. The van der Waals surface area contributed by atoms with Crippen molar-refractivity contribution in [3.8, 4) is 18.2 Å². The smallest absolute Gasteiger partial charge is 0.204 e. The number of thioether (sulfide) groups is 1. The summed E-state index contributed by atoms with van der Waals surface area (Å²) in [6.07, 6.45) is 0. The minimum absolute atomic E-state index is 0.000963. The molecule has 0 bridgehead atoms. The molecule has 3 N–H and O–H groups in total. The summed E-state index contributed by atoms with van der Waals surface area (Å²) in [7, 11) is 0. The molecule has 7 heteroatoms. The van der Waals surface area contributed by atoms with Gasteiger partial charge in [-0.25, -0.2) is 0 Å². The highest BCUT2D eigenvalue weighted by Gasteiger charge is 2.44. The lowest BCUT2D eigenvalue weighted by Gasteiger charge is -2.25. The van der Waals surface area contributed by atoms with E-state index in [1.165, 1.54) is 11.8 Å². The van der Waals surface area contributed by atoms with Gasteiger partial charge in [0, 0.05) is 5.75 Å². The lowest BCUT2D eigenvalue weighted by molar-refractivity contribution is 0.150. The number of nitrogens with zero attached hydrogens (tertiary/aromatic N) is 3. The van der Waals surface area contributed by atoms with Crippen molar-refractivity contribution in [2.24, 2.45) is 5.73 Å². The largest absolute Gasteiger partial charge is 0.456 e. The van der Waals surface area contributed by atoms with Gasteiger partial charge in [0.2, 0.25) is 5.88 Å². The third-order valence-electron chi connectivity index (χ3n) is 2.31. The quantitative estimate of drug-likeness (QED) is 0.708. The van der Waals surface area contributed by atoms with Crippen LogP contribution in [0.3, 0.4) is 0 Å². The van der Waals surface area contributed by atoms with E-state index >= 15 is 0 Å². The second kappa shape index (κ2) is 5.46. The first-order valence-corrected chi connectivity index (χ1v) is 5.91. The van der Waals surface area contributed by atoms with Crippen molar-refractivity contribution < 1.29 is 9.84 Å². The summed E-state index contributed by atoms with van der Waals surface area (Å²) in [5.74, 6) is 0.222. The molecule has 0 saturated heterocycles. The number of hydrogen-bond donors (Lipinski definition) is 2. The van der Waals surface area contributed by atoms with E-state index in [0.717, 1.165) is 0 Å². The zero-order chi connectivity index (χ0) is 13.8. The maximum absolute atomic E-state index is 9.02. The molecule has 6 nitrogen and oxygen atoms in total. The molecule has 1 aliphatic heterocycles. The Labute approximate surface area is 109 Å². The number of nitrogens with two attached hydrogens (primary N) is 1. The van der Waals surface area contributed by atoms with Crippen molar-refractivity contribution in [1.82, 2.24) is 0 Å². The van der Waals surface area contributed by atoms with Gasteiger partial charge in [-0.2, -0.15) is 15.8 Å². The Kier molecular flexibility index (Phi) is 4.23. The molecule has 0 fully saturated rings. The summed E-state index contributed by atoms with van der Waals surface area (Å²) >= 11 is 1.17. The molecule has 0 amide bonds. The first-order valence-electron chi connectivity index (χ1n) is 4.93. The molecule has 1 rings (SSSR count). The van der Waals surface area contributed by atoms with Crippen LogP contribution in [0.2, 0.25) is 0 Å². The van der Waals surface area contributed by atoms with Crippen molar-refractivity contribution in [2.75, 3.05) is 12.4 Å². The summed E-state index contributed by atoms with van der Waals surface area (Å²) in [5.41, 5.74) is 5.55. The van der Waals surface area contributed by atoms with Crippen LogP contribution in [0.4, 0.5) is 0 Å². The van der Waals surface area contributed by atoms with Crippen molar-refractivity contribution in [3.05, 3.63) is 22.6 Å². The standard InChI is InChI=1S/C11H10N4O2S/c1-11(18-3-2-16)9(7(4-12)5-13)8(6-14)10(15)17-11/h16H,2-3,15H2,1H3. The second-order valence-electron chi connectivity index (χ2n) is 3.44. The fourth-order valence-electron chi connectivity index (χ4n) is 1.60. The molecule has 0 saturated carbocycles. The highest BCUT2D eigenvalue weighted by Crippen LogP contribution is 2.45. The average molecular weight is 262 g/mol. The van der Waals surface area contributed by atoms with Gasteiger partial charge in [-0.15, -0.1) is 11.8 Å². The van der Waals surface area contributed by atoms with Gasteiger partial charge in [0.1, 0.15) is 29.4 Å². The summed E-state index contributed by atoms with van der Waals surface area (Å²) < 4.78 is 5.38. The van der Waals surface area contributed by atoms with E-state index < -0.39 is 4.93 Å². The number of aliphatic hydroxyl groups excluding tert-OH is 1. The summed E-state index contributed by atoms with van der Waals surface area (Å²) in [6, 6.07) is 5.30. The summed E-state index contributed by atoms with van der Waals surface area (Å²) in [5, 5.41) is 35.7. The number of rotatable bonds is 3. The lowest BCUT2D eigenvalue weighted by Crippen LogP contribution is -2.25. The molecule has 1 atom stereocenters. The molecule has 0 aromatic rings. The number of aliphatic hydroxyl groups is 1. The maximum Gasteiger partial charge on any atom is 0.204 e. The SMILES string of the molecule is CC1(SCCO)OC(N)=C(C#N)C1=C(C#N)C#N. The Hall–Kier alpha value is -2.14. The van der Waals surface area contributed by atoms with E-state index in [4.69, 9.17) is 31.4 Å². The van der Waals surface area contributed by atoms with Crippen LogP contribution in [0.25, 0.3) is 0 Å². The van der Waals surface area contributed by atoms with Crippen LogP contribution in [0.1, 0.15) is 6.92 Å². The van der Waals surface area contributed by atoms with Gasteiger partial charge in [0.15, 0.2) is 4.93 Å². The van der Waals surface area contributed by atoms with Gasteiger partial charge in [-0.05, 0) is 6.92 Å². The first kappa shape index (κ1) is 13.9. The first-order chi connectivity index (χ1) is 8.53. The predicted molar refractivity (Wildman–Crippen MR) is 64.1 cm³/mol. The third kappa shape index (κ3) is 2.26. The zero-order valence-corrected chi connectivity index (χ0v) is 10.4. The molecular weight excluding hydrogens is 252 g/mol. The van der Waals surface area contributed by atoms with E-state index in [-0.39, 0.29) is 29.2 Å². The molecule has 1 unspecified atom stereocenters. The molecule has 0 aromatic carbocycles. The molecule has 1 heterocycles. The molecule has 0 radical (unpaired) electrons. The van der Waals surface area contributed by atoms with Crippen LogP contribution < -0.4 is 5.73 Å². The second-order valence-corrected chi connectivity index (χ2v) is 4.92. The fourth-order valence-corrected chi connectivity index (χ4v) is 2.58. The summed E-state index contributed by atoms with van der Waals surface area (Å²) in [4.78, 5) is -1.10. The van der Waals surface area contributed by atoms with Gasteiger partial charge in [0.25, 0.3) is 0 Å². The third-order valence-corrected chi connectivity index (χ3v) is 3.53. The van der Waals surface area contributed by atoms with Crippen LogP contribution in [0.5, 0.6) is 0 Å². The minimum Gasteiger partial charge on any atom is -0.456 e. The Morgan fingerprint density at radius 2 is 2.06 bits per heavy atom. The van der Waals surface area contributed by atoms with E-state index in [1.54, 1.807) is 19.1 Å². The topological polar surface area (TPSA) is 127 Å². The zero-order valence-electron chi connectivity index (χ0n) is 9.60. The molecule has 18 heavy (non-hydrogen) atoms. The Morgan fingerprint density at radius 3 is 2.50 bits per heavy atom. The van der Waals surface area contributed by atoms with Crippen LogP contribution in [0, 0.1) is 34.0 Å². The van der Waals surface area contributed by atoms with Crippen LogP contribution in [0.15, 0.2) is 22.6 Å². The van der Waals surface area contributed by atoms with E-state index in [1.807, 2.05) is 6.07 Å². The van der Waals surface area contributed by atoms with Gasteiger partial charge >= 0.3 is 0 Å². The fraction of sp³-hybridized carbons (Fsp3) is 0.364. The Bertz CT molecular complexity index is 531. The molecule has 0 aliphatic carbocycles. The highest BCUT2D eigenvalue weighted by atomic mass is 32.2. The van der Waals surface area contributed by atoms with Crippen LogP contribution in [-0.2, 0) is 4.74 Å². The van der Waals surface area contributed by atoms with Crippen LogP contribution in [-0.4, -0.2) is 22.4 Å². The van der Waals surface area contributed by atoms with Crippen molar-refractivity contribution >= 4 is 11.8 Å². The van der Waals surface area contributed by atoms with Gasteiger partial charge in [0.05, 0.1) is 12.2 Å². The number of nitriles is 3. The van der Waals surface area contributed by atoms with Gasteiger partial charge in [-0.1, -0.05) is 0 Å².